The standard InChI is InChI=1S/C15H18FN3/c1-9-6-11(8-12(16)7-9)15-13-4-5-17-10(2)14(13)18-19(15)3/h6-8,10,17H,4-5H2,1-3H3. The van der Waals surface area contributed by atoms with Gasteiger partial charge in [-0.1, -0.05) is 0 Å². The van der Waals surface area contributed by atoms with Crippen molar-refractivity contribution in [2.24, 2.45) is 7.05 Å². The third kappa shape index (κ3) is 2.06. The lowest BCUT2D eigenvalue weighted by Crippen LogP contribution is -2.27. The molecule has 1 N–H and O–H groups in total. The molecule has 0 bridgehead atoms. The zero-order chi connectivity index (χ0) is 13.6. The van der Waals surface area contributed by atoms with Gasteiger partial charge in [-0.2, -0.15) is 5.10 Å². The molecule has 3 nitrogen and oxygen atoms in total. The molecule has 1 aliphatic rings. The normalized spacial score (nSPS) is 18.4. The predicted octanol–water partition coefficient (Wildman–Crippen LogP) is 2.74. The van der Waals surface area contributed by atoms with E-state index in [0.717, 1.165) is 35.5 Å². The van der Waals surface area contributed by atoms with Gasteiger partial charge < -0.3 is 5.32 Å². The average molecular weight is 259 g/mol. The summed E-state index contributed by atoms with van der Waals surface area (Å²) in [5.74, 6) is -0.188. The van der Waals surface area contributed by atoms with Crippen LogP contribution >= 0.6 is 0 Å². The molecule has 0 saturated carbocycles. The van der Waals surface area contributed by atoms with Crippen molar-refractivity contribution >= 4 is 0 Å². The minimum Gasteiger partial charge on any atom is -0.308 e. The molecule has 0 radical (unpaired) electrons. The molecule has 19 heavy (non-hydrogen) atoms. The SMILES string of the molecule is Cc1cc(F)cc(-c2c3c(nn2C)C(C)NCC3)c1. The van der Waals surface area contributed by atoms with E-state index in [-0.39, 0.29) is 11.9 Å². The first-order valence-electron chi connectivity index (χ1n) is 6.63. The van der Waals surface area contributed by atoms with Crippen LogP contribution in [-0.4, -0.2) is 16.3 Å². The van der Waals surface area contributed by atoms with Gasteiger partial charge in [-0.05, 0) is 50.6 Å². The van der Waals surface area contributed by atoms with Crippen LogP contribution in [0.3, 0.4) is 0 Å². The number of hydrogen-bond acceptors (Lipinski definition) is 2. The van der Waals surface area contributed by atoms with Gasteiger partial charge in [-0.3, -0.25) is 4.68 Å². The van der Waals surface area contributed by atoms with E-state index in [9.17, 15) is 4.39 Å². The van der Waals surface area contributed by atoms with Gasteiger partial charge in [0.25, 0.3) is 0 Å². The highest BCUT2D eigenvalue weighted by molar-refractivity contribution is 5.66. The Morgan fingerprint density at radius 3 is 2.89 bits per heavy atom. The fourth-order valence-corrected chi connectivity index (χ4v) is 2.93. The second kappa shape index (κ2) is 4.46. The molecule has 1 atom stereocenters. The second-order valence-corrected chi connectivity index (χ2v) is 5.28. The Morgan fingerprint density at radius 1 is 1.37 bits per heavy atom. The summed E-state index contributed by atoms with van der Waals surface area (Å²) in [6.07, 6.45) is 0.943. The van der Waals surface area contributed by atoms with E-state index in [0.29, 0.717) is 0 Å². The maximum absolute atomic E-state index is 13.6. The van der Waals surface area contributed by atoms with Crippen LogP contribution in [0.15, 0.2) is 18.2 Å². The molecule has 4 heteroatoms. The third-order valence-electron chi connectivity index (χ3n) is 3.73. The summed E-state index contributed by atoms with van der Waals surface area (Å²) in [7, 11) is 1.93. The molecule has 0 saturated heterocycles. The van der Waals surface area contributed by atoms with E-state index >= 15 is 0 Å². The first-order valence-corrected chi connectivity index (χ1v) is 6.63. The molecule has 3 rings (SSSR count). The number of nitrogens with zero attached hydrogens (tertiary/aromatic N) is 2. The van der Waals surface area contributed by atoms with Gasteiger partial charge in [0.2, 0.25) is 0 Å². The van der Waals surface area contributed by atoms with Gasteiger partial charge in [-0.15, -0.1) is 0 Å². The lowest BCUT2D eigenvalue weighted by atomic mass is 9.96. The fraction of sp³-hybridized carbons (Fsp3) is 0.400. The van der Waals surface area contributed by atoms with Crippen molar-refractivity contribution in [2.45, 2.75) is 26.3 Å². The van der Waals surface area contributed by atoms with Gasteiger partial charge in [0.15, 0.2) is 0 Å². The minimum absolute atomic E-state index is 0.188. The van der Waals surface area contributed by atoms with E-state index < -0.39 is 0 Å². The van der Waals surface area contributed by atoms with Crippen molar-refractivity contribution in [3.8, 4) is 11.3 Å². The number of nitrogens with one attached hydrogen (secondary N) is 1. The van der Waals surface area contributed by atoms with Crippen molar-refractivity contribution in [3.05, 3.63) is 40.8 Å². The van der Waals surface area contributed by atoms with E-state index in [4.69, 9.17) is 0 Å². The Balaban J connectivity index is 2.20. The molecule has 0 fully saturated rings. The molecule has 100 valence electrons. The molecule has 2 heterocycles. The molecule has 0 spiro atoms. The van der Waals surface area contributed by atoms with E-state index in [2.05, 4.69) is 17.3 Å². The quantitative estimate of drug-likeness (QED) is 0.853. The number of aromatic nitrogens is 2. The lowest BCUT2D eigenvalue weighted by molar-refractivity contribution is 0.525. The van der Waals surface area contributed by atoms with Crippen molar-refractivity contribution in [1.82, 2.24) is 15.1 Å². The van der Waals surface area contributed by atoms with Crippen LogP contribution in [0.4, 0.5) is 4.39 Å². The summed E-state index contributed by atoms with van der Waals surface area (Å²) in [5.41, 5.74) is 5.24. The summed E-state index contributed by atoms with van der Waals surface area (Å²) in [6, 6.07) is 5.43. The summed E-state index contributed by atoms with van der Waals surface area (Å²) in [6.45, 7) is 4.98. The van der Waals surface area contributed by atoms with Gasteiger partial charge in [0.05, 0.1) is 11.4 Å². The van der Waals surface area contributed by atoms with Gasteiger partial charge in [-0.25, -0.2) is 4.39 Å². The van der Waals surface area contributed by atoms with Crippen molar-refractivity contribution in [2.75, 3.05) is 6.54 Å². The predicted molar refractivity (Wildman–Crippen MR) is 73.5 cm³/mol. The van der Waals surface area contributed by atoms with Crippen LogP contribution in [0, 0.1) is 12.7 Å². The van der Waals surface area contributed by atoms with Crippen LogP contribution in [0.1, 0.15) is 29.8 Å². The molecule has 1 unspecified atom stereocenters. The summed E-state index contributed by atoms with van der Waals surface area (Å²) in [5, 5.41) is 8.00. The largest absolute Gasteiger partial charge is 0.308 e. The highest BCUT2D eigenvalue weighted by Crippen LogP contribution is 2.32. The zero-order valence-corrected chi connectivity index (χ0v) is 11.5. The highest BCUT2D eigenvalue weighted by atomic mass is 19.1. The van der Waals surface area contributed by atoms with Crippen molar-refractivity contribution in [1.29, 1.82) is 0 Å². The van der Waals surface area contributed by atoms with E-state index in [1.165, 1.54) is 5.56 Å². The fourth-order valence-electron chi connectivity index (χ4n) is 2.93. The molecule has 0 amide bonds. The summed E-state index contributed by atoms with van der Waals surface area (Å²) in [4.78, 5) is 0. The summed E-state index contributed by atoms with van der Waals surface area (Å²) < 4.78 is 15.5. The zero-order valence-electron chi connectivity index (χ0n) is 11.5. The van der Waals surface area contributed by atoms with Crippen LogP contribution in [0.25, 0.3) is 11.3 Å². The topological polar surface area (TPSA) is 29.9 Å². The van der Waals surface area contributed by atoms with Crippen LogP contribution in [0.5, 0.6) is 0 Å². The van der Waals surface area contributed by atoms with E-state index in [1.54, 1.807) is 12.1 Å². The monoisotopic (exact) mass is 259 g/mol. The van der Waals surface area contributed by atoms with Gasteiger partial charge in [0, 0.05) is 24.2 Å². The molecule has 2 aromatic rings. The highest BCUT2D eigenvalue weighted by Gasteiger charge is 2.24. The number of hydrogen-bond donors (Lipinski definition) is 1. The molecular weight excluding hydrogens is 241 g/mol. The first kappa shape index (κ1) is 12.4. The molecule has 1 aromatic carbocycles. The third-order valence-corrected chi connectivity index (χ3v) is 3.73. The molecular formula is C15H18FN3. The Hall–Kier alpha value is -1.68. The molecule has 0 aliphatic carbocycles. The van der Waals surface area contributed by atoms with Crippen LogP contribution in [-0.2, 0) is 13.5 Å². The number of benzene rings is 1. The lowest BCUT2D eigenvalue weighted by Gasteiger charge is -2.19. The van der Waals surface area contributed by atoms with Crippen molar-refractivity contribution in [3.63, 3.8) is 0 Å². The van der Waals surface area contributed by atoms with E-state index in [1.807, 2.05) is 24.7 Å². The Bertz CT molecular complexity index is 610. The van der Waals surface area contributed by atoms with Crippen LogP contribution < -0.4 is 5.32 Å². The molecule has 1 aliphatic heterocycles. The minimum atomic E-state index is -0.188. The Labute approximate surface area is 112 Å². The summed E-state index contributed by atoms with van der Waals surface area (Å²) >= 11 is 0. The Morgan fingerprint density at radius 2 is 2.16 bits per heavy atom. The first-order chi connectivity index (χ1) is 9.06. The molecule has 1 aromatic heterocycles. The average Bonchev–Trinajstić information content (AvgIpc) is 2.65. The Kier molecular flexibility index (Phi) is 2.90. The van der Waals surface area contributed by atoms with Gasteiger partial charge >= 0.3 is 0 Å². The van der Waals surface area contributed by atoms with Crippen LogP contribution in [0.2, 0.25) is 0 Å². The maximum Gasteiger partial charge on any atom is 0.124 e. The smallest absolute Gasteiger partial charge is 0.124 e. The maximum atomic E-state index is 13.6. The number of fused-ring (bicyclic) bond motifs is 1. The van der Waals surface area contributed by atoms with Gasteiger partial charge in [0.1, 0.15) is 5.82 Å². The number of aryl methyl sites for hydroxylation is 2. The number of rotatable bonds is 1. The second-order valence-electron chi connectivity index (χ2n) is 5.28. The number of halogens is 1. The van der Waals surface area contributed by atoms with Crippen molar-refractivity contribution < 1.29 is 4.39 Å².